The van der Waals surface area contributed by atoms with Crippen LogP contribution in [0.15, 0.2) is 48.5 Å². The van der Waals surface area contributed by atoms with Gasteiger partial charge >= 0.3 is 0 Å². The molecule has 0 saturated carbocycles. The number of carbonyl (C=O) groups is 1. The van der Waals surface area contributed by atoms with Crippen LogP contribution in [0.1, 0.15) is 11.1 Å². The predicted octanol–water partition coefficient (Wildman–Crippen LogP) is 2.72. The first-order valence-corrected chi connectivity index (χ1v) is 8.83. The van der Waals surface area contributed by atoms with Crippen LogP contribution in [0.5, 0.6) is 11.5 Å². The quantitative estimate of drug-likeness (QED) is 0.799. The Hall–Kier alpha value is -2.53. The Morgan fingerprint density at radius 3 is 2.42 bits per heavy atom. The second-order valence-corrected chi connectivity index (χ2v) is 6.42. The number of morpholine rings is 1. The van der Waals surface area contributed by atoms with Gasteiger partial charge in [-0.05, 0) is 23.3 Å². The van der Waals surface area contributed by atoms with Crippen LogP contribution >= 0.6 is 0 Å². The lowest BCUT2D eigenvalue weighted by molar-refractivity contribution is -0.138. The maximum Gasteiger partial charge on any atom is 0.227 e. The molecule has 0 aromatic heterocycles. The van der Waals surface area contributed by atoms with Crippen LogP contribution < -0.4 is 9.47 Å². The molecule has 2 aromatic carbocycles. The van der Waals surface area contributed by atoms with Crippen molar-refractivity contribution in [1.82, 2.24) is 4.90 Å². The van der Waals surface area contributed by atoms with Crippen molar-refractivity contribution in [3.63, 3.8) is 0 Å². The summed E-state index contributed by atoms with van der Waals surface area (Å²) in [5.41, 5.74) is 2.11. The van der Waals surface area contributed by atoms with E-state index in [1.807, 2.05) is 35.2 Å². The molecule has 0 N–H and O–H groups in total. The van der Waals surface area contributed by atoms with E-state index in [1.165, 1.54) is 5.56 Å². The van der Waals surface area contributed by atoms with Crippen molar-refractivity contribution in [2.45, 2.75) is 18.9 Å². The van der Waals surface area contributed by atoms with E-state index >= 15 is 0 Å². The Kier molecular flexibility index (Phi) is 6.12. The number of nitrogens with zero attached hydrogens (tertiary/aromatic N) is 1. The van der Waals surface area contributed by atoms with Gasteiger partial charge in [0.15, 0.2) is 0 Å². The van der Waals surface area contributed by atoms with Gasteiger partial charge in [-0.15, -0.1) is 0 Å². The monoisotopic (exact) mass is 355 g/mol. The summed E-state index contributed by atoms with van der Waals surface area (Å²) in [6, 6.07) is 15.8. The third-order valence-corrected chi connectivity index (χ3v) is 4.56. The van der Waals surface area contributed by atoms with E-state index in [2.05, 4.69) is 12.1 Å². The smallest absolute Gasteiger partial charge is 0.227 e. The number of methoxy groups -OCH3 is 2. The molecular weight excluding hydrogens is 330 g/mol. The largest absolute Gasteiger partial charge is 0.497 e. The van der Waals surface area contributed by atoms with E-state index in [-0.39, 0.29) is 12.0 Å². The van der Waals surface area contributed by atoms with Gasteiger partial charge in [0.1, 0.15) is 11.5 Å². The molecule has 1 heterocycles. The van der Waals surface area contributed by atoms with Crippen molar-refractivity contribution >= 4 is 5.91 Å². The van der Waals surface area contributed by atoms with E-state index < -0.39 is 0 Å². The van der Waals surface area contributed by atoms with E-state index in [4.69, 9.17) is 14.2 Å². The average Bonchev–Trinajstić information content (AvgIpc) is 2.68. The van der Waals surface area contributed by atoms with Crippen LogP contribution in [0.4, 0.5) is 0 Å². The van der Waals surface area contributed by atoms with E-state index in [0.29, 0.717) is 37.6 Å². The molecule has 26 heavy (non-hydrogen) atoms. The minimum Gasteiger partial charge on any atom is -0.497 e. The van der Waals surface area contributed by atoms with E-state index in [1.54, 1.807) is 20.3 Å². The number of hydrogen-bond donors (Lipinski definition) is 0. The van der Waals surface area contributed by atoms with Crippen molar-refractivity contribution in [2.75, 3.05) is 33.9 Å². The number of hydrogen-bond acceptors (Lipinski definition) is 4. The van der Waals surface area contributed by atoms with Gasteiger partial charge in [0.2, 0.25) is 5.91 Å². The molecule has 3 rings (SSSR count). The van der Waals surface area contributed by atoms with Crippen LogP contribution in [-0.4, -0.2) is 50.8 Å². The minimum absolute atomic E-state index is 0.0370. The van der Waals surface area contributed by atoms with E-state index in [9.17, 15) is 4.79 Å². The topological polar surface area (TPSA) is 48.0 Å². The molecule has 1 atom stereocenters. The van der Waals surface area contributed by atoms with Crippen molar-refractivity contribution in [1.29, 1.82) is 0 Å². The van der Waals surface area contributed by atoms with E-state index in [0.717, 1.165) is 12.0 Å². The number of ether oxygens (including phenoxy) is 3. The van der Waals surface area contributed by atoms with Gasteiger partial charge in [0, 0.05) is 25.6 Å². The van der Waals surface area contributed by atoms with Gasteiger partial charge in [0.05, 0.1) is 33.4 Å². The van der Waals surface area contributed by atoms with Crippen molar-refractivity contribution < 1.29 is 19.0 Å². The second-order valence-electron chi connectivity index (χ2n) is 6.42. The molecule has 0 bridgehead atoms. The molecule has 5 heteroatoms. The van der Waals surface area contributed by atoms with Gasteiger partial charge in [0.25, 0.3) is 0 Å². The summed E-state index contributed by atoms with van der Waals surface area (Å²) in [4.78, 5) is 14.6. The highest BCUT2D eigenvalue weighted by atomic mass is 16.5. The number of rotatable bonds is 6. The van der Waals surface area contributed by atoms with Crippen LogP contribution in [0.3, 0.4) is 0 Å². The maximum absolute atomic E-state index is 12.8. The van der Waals surface area contributed by atoms with Crippen molar-refractivity contribution in [3.05, 3.63) is 59.7 Å². The first-order chi connectivity index (χ1) is 12.7. The third kappa shape index (κ3) is 4.76. The van der Waals surface area contributed by atoms with Gasteiger partial charge < -0.3 is 19.1 Å². The summed E-state index contributed by atoms with van der Waals surface area (Å²) in [6.45, 7) is 1.82. The molecule has 0 radical (unpaired) electrons. The Bertz CT molecular complexity index is 710. The molecule has 1 saturated heterocycles. The zero-order chi connectivity index (χ0) is 18.4. The first-order valence-electron chi connectivity index (χ1n) is 8.83. The minimum atomic E-state index is 0.0370. The summed E-state index contributed by atoms with van der Waals surface area (Å²) in [7, 11) is 3.22. The summed E-state index contributed by atoms with van der Waals surface area (Å²) in [5, 5.41) is 0. The first kappa shape index (κ1) is 18.3. The van der Waals surface area contributed by atoms with Crippen LogP contribution in [0, 0.1) is 0 Å². The number of benzene rings is 2. The second kappa shape index (κ2) is 8.72. The van der Waals surface area contributed by atoms with Gasteiger partial charge in [-0.2, -0.15) is 0 Å². The molecule has 0 spiro atoms. The molecule has 5 nitrogen and oxygen atoms in total. The molecule has 1 aliphatic heterocycles. The lowest BCUT2D eigenvalue weighted by atomic mass is 10.1. The highest BCUT2D eigenvalue weighted by molar-refractivity contribution is 5.79. The lowest BCUT2D eigenvalue weighted by Gasteiger charge is -2.33. The van der Waals surface area contributed by atoms with Crippen LogP contribution in [0.25, 0.3) is 0 Å². The standard InChI is InChI=1S/C21H25NO4/c1-24-18-11-17(12-19(14-18)25-2)13-21(23)22-8-9-26-20(15-22)10-16-6-4-3-5-7-16/h3-7,11-12,14,20H,8-10,13,15H2,1-2H3. The van der Waals surface area contributed by atoms with Gasteiger partial charge in [-0.3, -0.25) is 4.79 Å². The summed E-state index contributed by atoms with van der Waals surface area (Å²) < 4.78 is 16.4. The van der Waals surface area contributed by atoms with Crippen LogP contribution in [0.2, 0.25) is 0 Å². The lowest BCUT2D eigenvalue weighted by Crippen LogP contribution is -2.46. The molecular formula is C21H25NO4. The number of amides is 1. The van der Waals surface area contributed by atoms with Crippen molar-refractivity contribution in [3.8, 4) is 11.5 Å². The van der Waals surface area contributed by atoms with Gasteiger partial charge in [-0.1, -0.05) is 30.3 Å². The third-order valence-electron chi connectivity index (χ3n) is 4.56. The summed E-state index contributed by atoms with van der Waals surface area (Å²) in [6.07, 6.45) is 1.18. The molecule has 1 aliphatic rings. The van der Waals surface area contributed by atoms with Crippen molar-refractivity contribution in [2.24, 2.45) is 0 Å². The highest BCUT2D eigenvalue weighted by Crippen LogP contribution is 2.23. The Morgan fingerprint density at radius 2 is 1.77 bits per heavy atom. The Labute approximate surface area is 154 Å². The van der Waals surface area contributed by atoms with Gasteiger partial charge in [-0.25, -0.2) is 0 Å². The molecule has 2 aromatic rings. The fourth-order valence-electron chi connectivity index (χ4n) is 3.20. The summed E-state index contributed by atoms with van der Waals surface area (Å²) in [5.74, 6) is 1.48. The maximum atomic E-state index is 12.8. The molecule has 138 valence electrons. The number of carbonyl (C=O) groups excluding carboxylic acids is 1. The fourth-order valence-corrected chi connectivity index (χ4v) is 3.20. The fraction of sp³-hybridized carbons (Fsp3) is 0.381. The molecule has 1 amide bonds. The Morgan fingerprint density at radius 1 is 1.08 bits per heavy atom. The normalized spacial score (nSPS) is 17.0. The zero-order valence-corrected chi connectivity index (χ0v) is 15.3. The van der Waals surface area contributed by atoms with Crippen LogP contribution in [-0.2, 0) is 22.4 Å². The highest BCUT2D eigenvalue weighted by Gasteiger charge is 2.24. The predicted molar refractivity (Wildman–Crippen MR) is 99.7 cm³/mol. The SMILES string of the molecule is COc1cc(CC(=O)N2CCOC(Cc3ccccc3)C2)cc(OC)c1. The Balaban J connectivity index is 1.62. The molecule has 1 fully saturated rings. The molecule has 0 aliphatic carbocycles. The molecule has 1 unspecified atom stereocenters. The zero-order valence-electron chi connectivity index (χ0n) is 15.3. The summed E-state index contributed by atoms with van der Waals surface area (Å²) >= 11 is 0. The average molecular weight is 355 g/mol.